The predicted molar refractivity (Wildman–Crippen MR) is 64.6 cm³/mol. The van der Waals surface area contributed by atoms with Crippen LogP contribution in [0.1, 0.15) is 20.7 Å². The zero-order chi connectivity index (χ0) is 13.0. The van der Waals surface area contributed by atoms with Crippen molar-refractivity contribution in [3.63, 3.8) is 0 Å². The van der Waals surface area contributed by atoms with E-state index in [0.717, 1.165) is 0 Å². The molecule has 2 aromatic rings. The molecule has 0 heterocycles. The zero-order valence-electron chi connectivity index (χ0n) is 9.39. The number of imide groups is 1. The van der Waals surface area contributed by atoms with Crippen LogP contribution in [0.25, 0.3) is 0 Å². The largest absolute Gasteiger partial charge is 0.288 e. The van der Waals surface area contributed by atoms with E-state index in [-0.39, 0.29) is 5.56 Å². The summed E-state index contributed by atoms with van der Waals surface area (Å²) in [5, 5.41) is 2.23. The van der Waals surface area contributed by atoms with Crippen molar-refractivity contribution in [2.75, 3.05) is 0 Å². The summed E-state index contributed by atoms with van der Waals surface area (Å²) >= 11 is 0. The van der Waals surface area contributed by atoms with E-state index in [0.29, 0.717) is 5.56 Å². The van der Waals surface area contributed by atoms with E-state index in [9.17, 15) is 14.0 Å². The van der Waals surface area contributed by atoms with E-state index in [1.807, 2.05) is 0 Å². The summed E-state index contributed by atoms with van der Waals surface area (Å²) in [6.07, 6.45) is 0. The Morgan fingerprint density at radius 1 is 0.778 bits per heavy atom. The molecule has 2 amide bonds. The Labute approximate surface area is 103 Å². The van der Waals surface area contributed by atoms with E-state index >= 15 is 0 Å². The van der Waals surface area contributed by atoms with Gasteiger partial charge in [-0.2, -0.15) is 0 Å². The van der Waals surface area contributed by atoms with Crippen molar-refractivity contribution in [1.82, 2.24) is 5.32 Å². The molecule has 2 aromatic carbocycles. The van der Waals surface area contributed by atoms with E-state index in [4.69, 9.17) is 0 Å². The number of amides is 2. The molecule has 1 N–H and O–H groups in total. The molecular weight excluding hydrogens is 233 g/mol. The Hall–Kier alpha value is -2.49. The molecule has 3 nitrogen and oxygen atoms in total. The zero-order valence-corrected chi connectivity index (χ0v) is 9.39. The molecule has 0 aliphatic carbocycles. The highest BCUT2D eigenvalue weighted by Gasteiger charge is 2.11. The number of hydrogen-bond acceptors (Lipinski definition) is 2. The number of carbonyl (C=O) groups is 2. The van der Waals surface area contributed by atoms with Crippen molar-refractivity contribution in [3.8, 4) is 0 Å². The van der Waals surface area contributed by atoms with Crippen molar-refractivity contribution in [2.45, 2.75) is 0 Å². The second-order valence-corrected chi connectivity index (χ2v) is 3.66. The number of halogens is 1. The Morgan fingerprint density at radius 3 is 1.83 bits per heavy atom. The van der Waals surface area contributed by atoms with Crippen LogP contribution in [0.5, 0.6) is 0 Å². The average Bonchev–Trinajstić information content (AvgIpc) is 2.40. The van der Waals surface area contributed by atoms with E-state index in [1.54, 1.807) is 30.3 Å². The molecule has 0 radical (unpaired) electrons. The van der Waals surface area contributed by atoms with Crippen LogP contribution in [-0.2, 0) is 0 Å². The first-order valence-corrected chi connectivity index (χ1v) is 5.33. The number of rotatable bonds is 2. The second kappa shape index (κ2) is 5.23. The molecule has 0 aliphatic rings. The van der Waals surface area contributed by atoms with Gasteiger partial charge in [-0.15, -0.1) is 0 Å². The molecular formula is C14H10FNO2. The van der Waals surface area contributed by atoms with Gasteiger partial charge in [0.05, 0.1) is 0 Å². The van der Waals surface area contributed by atoms with Crippen LogP contribution in [0.4, 0.5) is 4.39 Å². The Kier molecular flexibility index (Phi) is 3.48. The molecule has 90 valence electrons. The Morgan fingerprint density at radius 2 is 1.28 bits per heavy atom. The first kappa shape index (κ1) is 12.0. The highest BCUT2D eigenvalue weighted by Crippen LogP contribution is 2.04. The Balaban J connectivity index is 2.08. The second-order valence-electron chi connectivity index (χ2n) is 3.66. The van der Waals surface area contributed by atoms with Gasteiger partial charge in [-0.1, -0.05) is 18.2 Å². The van der Waals surface area contributed by atoms with Crippen LogP contribution in [0, 0.1) is 5.82 Å². The molecule has 0 atom stereocenters. The third-order valence-electron chi connectivity index (χ3n) is 2.37. The molecule has 0 aliphatic heterocycles. The minimum absolute atomic E-state index is 0.237. The lowest BCUT2D eigenvalue weighted by atomic mass is 10.2. The quantitative estimate of drug-likeness (QED) is 0.823. The summed E-state index contributed by atoms with van der Waals surface area (Å²) in [6.45, 7) is 0. The van der Waals surface area contributed by atoms with Crippen LogP contribution in [0.3, 0.4) is 0 Å². The van der Waals surface area contributed by atoms with Crippen molar-refractivity contribution < 1.29 is 14.0 Å². The van der Waals surface area contributed by atoms with Gasteiger partial charge in [0.2, 0.25) is 0 Å². The molecule has 0 bridgehead atoms. The van der Waals surface area contributed by atoms with Crippen LogP contribution in [0.15, 0.2) is 54.6 Å². The van der Waals surface area contributed by atoms with E-state index in [1.165, 1.54) is 24.3 Å². The maximum Gasteiger partial charge on any atom is 0.258 e. The molecule has 2 rings (SSSR count). The smallest absolute Gasteiger partial charge is 0.258 e. The number of nitrogens with one attached hydrogen (secondary N) is 1. The highest BCUT2D eigenvalue weighted by atomic mass is 19.1. The minimum atomic E-state index is -0.552. The summed E-state index contributed by atoms with van der Waals surface area (Å²) in [6, 6.07) is 13.4. The molecule has 18 heavy (non-hydrogen) atoms. The maximum absolute atomic E-state index is 12.7. The third-order valence-corrected chi connectivity index (χ3v) is 2.37. The van der Waals surface area contributed by atoms with E-state index < -0.39 is 17.6 Å². The topological polar surface area (TPSA) is 46.2 Å². The molecule has 0 saturated heterocycles. The summed E-state index contributed by atoms with van der Waals surface area (Å²) in [4.78, 5) is 23.4. The maximum atomic E-state index is 12.7. The lowest BCUT2D eigenvalue weighted by Crippen LogP contribution is -2.30. The summed E-state index contributed by atoms with van der Waals surface area (Å²) < 4.78 is 12.7. The minimum Gasteiger partial charge on any atom is -0.288 e. The first-order chi connectivity index (χ1) is 8.66. The molecule has 0 aromatic heterocycles. The number of hydrogen-bond donors (Lipinski definition) is 1. The van der Waals surface area contributed by atoms with Crippen LogP contribution < -0.4 is 5.32 Å². The summed E-state index contributed by atoms with van der Waals surface area (Å²) in [5.74, 6) is -1.46. The lowest BCUT2D eigenvalue weighted by Gasteiger charge is -2.03. The van der Waals surface area contributed by atoms with Gasteiger partial charge in [-0.05, 0) is 36.4 Å². The van der Waals surface area contributed by atoms with Gasteiger partial charge < -0.3 is 0 Å². The van der Waals surface area contributed by atoms with Gasteiger partial charge in [-0.3, -0.25) is 14.9 Å². The van der Waals surface area contributed by atoms with Crippen LogP contribution >= 0.6 is 0 Å². The number of benzene rings is 2. The standard InChI is InChI=1S/C14H10FNO2/c15-12-8-6-11(7-9-12)14(18)16-13(17)10-4-2-1-3-5-10/h1-9H,(H,16,17,18). The van der Waals surface area contributed by atoms with Gasteiger partial charge in [0.15, 0.2) is 0 Å². The fourth-order valence-electron chi connectivity index (χ4n) is 1.44. The molecule has 4 heteroatoms. The van der Waals surface area contributed by atoms with Crippen molar-refractivity contribution in [1.29, 1.82) is 0 Å². The summed E-state index contributed by atoms with van der Waals surface area (Å²) in [5.41, 5.74) is 0.633. The molecule has 0 spiro atoms. The fourth-order valence-corrected chi connectivity index (χ4v) is 1.44. The van der Waals surface area contributed by atoms with E-state index in [2.05, 4.69) is 5.32 Å². The van der Waals surface area contributed by atoms with Gasteiger partial charge in [-0.25, -0.2) is 4.39 Å². The molecule has 0 fully saturated rings. The third kappa shape index (κ3) is 2.79. The monoisotopic (exact) mass is 243 g/mol. The Bertz CT molecular complexity index is 564. The number of carbonyl (C=O) groups excluding carboxylic acids is 2. The van der Waals surface area contributed by atoms with Crippen molar-refractivity contribution in [3.05, 3.63) is 71.5 Å². The molecule has 0 unspecified atom stereocenters. The SMILES string of the molecule is O=C(NC(=O)c1ccc(F)cc1)c1ccccc1. The van der Waals surface area contributed by atoms with Crippen molar-refractivity contribution >= 4 is 11.8 Å². The highest BCUT2D eigenvalue weighted by molar-refractivity contribution is 6.10. The van der Waals surface area contributed by atoms with Gasteiger partial charge in [0.1, 0.15) is 5.82 Å². The molecule has 0 saturated carbocycles. The normalized spacial score (nSPS) is 9.83. The predicted octanol–water partition coefficient (Wildman–Crippen LogP) is 2.40. The lowest BCUT2D eigenvalue weighted by molar-refractivity contribution is 0.0849. The fraction of sp³-hybridized carbons (Fsp3) is 0. The van der Waals surface area contributed by atoms with Crippen LogP contribution in [0.2, 0.25) is 0 Å². The van der Waals surface area contributed by atoms with Crippen LogP contribution in [-0.4, -0.2) is 11.8 Å². The average molecular weight is 243 g/mol. The van der Waals surface area contributed by atoms with Crippen molar-refractivity contribution in [2.24, 2.45) is 0 Å². The van der Waals surface area contributed by atoms with Gasteiger partial charge in [0, 0.05) is 11.1 Å². The summed E-state index contributed by atoms with van der Waals surface area (Å²) in [7, 11) is 0. The first-order valence-electron chi connectivity index (χ1n) is 5.33. The van der Waals surface area contributed by atoms with Gasteiger partial charge >= 0.3 is 0 Å². The van der Waals surface area contributed by atoms with Gasteiger partial charge in [0.25, 0.3) is 11.8 Å².